The average molecular weight is 337 g/mol. The lowest BCUT2D eigenvalue weighted by Gasteiger charge is -2.04. The Morgan fingerprint density at radius 2 is 2.12 bits per heavy atom. The Morgan fingerprint density at radius 1 is 1.29 bits per heavy atom. The number of hydrogen-bond donors (Lipinski definition) is 1. The fourth-order valence-corrected chi connectivity index (χ4v) is 3.83. The number of fused-ring (bicyclic) bond motifs is 2. The first kappa shape index (κ1) is 14.7. The zero-order valence-corrected chi connectivity index (χ0v) is 13.8. The second-order valence-electron chi connectivity index (χ2n) is 5.49. The summed E-state index contributed by atoms with van der Waals surface area (Å²) in [6, 6.07) is 13.6. The van der Waals surface area contributed by atoms with Crippen LogP contribution in [0.4, 0.5) is 0 Å². The normalized spacial score (nSPS) is 11.2. The van der Waals surface area contributed by atoms with E-state index in [1.54, 1.807) is 24.6 Å². The lowest BCUT2D eigenvalue weighted by atomic mass is 10.1. The molecule has 0 saturated carbocycles. The van der Waals surface area contributed by atoms with Gasteiger partial charge >= 0.3 is 0 Å². The molecule has 24 heavy (non-hydrogen) atoms. The van der Waals surface area contributed by atoms with Gasteiger partial charge in [0.1, 0.15) is 10.8 Å². The smallest absolute Gasteiger partial charge is 0.250 e. The molecule has 0 aliphatic carbocycles. The molecule has 2 aromatic heterocycles. The highest BCUT2D eigenvalue weighted by atomic mass is 32.1. The van der Waals surface area contributed by atoms with Crippen molar-refractivity contribution < 1.29 is 9.53 Å². The van der Waals surface area contributed by atoms with E-state index in [-0.39, 0.29) is 0 Å². The second-order valence-corrected chi connectivity index (χ2v) is 6.61. The third-order valence-corrected chi connectivity index (χ3v) is 5.02. The van der Waals surface area contributed by atoms with Gasteiger partial charge in [0.15, 0.2) is 0 Å². The summed E-state index contributed by atoms with van der Waals surface area (Å²) in [7, 11) is 1.62. The first-order valence-corrected chi connectivity index (χ1v) is 8.28. The maximum Gasteiger partial charge on any atom is 0.250 e. The van der Waals surface area contributed by atoms with Crippen molar-refractivity contribution in [3.05, 3.63) is 59.2 Å². The Hall–Kier alpha value is -2.86. The summed E-state index contributed by atoms with van der Waals surface area (Å²) < 4.78 is 8.45. The SMILES string of the molecule is COc1ccc2c(C(N)=O)cn(Cc3nc4ccccc4s3)c2c1. The number of carbonyl (C=O) groups is 1. The highest BCUT2D eigenvalue weighted by Gasteiger charge is 2.15. The molecular formula is C18H15N3O2S. The number of rotatable bonds is 4. The van der Waals surface area contributed by atoms with Gasteiger partial charge in [0, 0.05) is 17.6 Å². The fraction of sp³-hybridized carbons (Fsp3) is 0.111. The predicted octanol–water partition coefficient (Wildman–Crippen LogP) is 3.41. The highest BCUT2D eigenvalue weighted by molar-refractivity contribution is 7.18. The number of primary amides is 1. The molecule has 120 valence electrons. The Labute approximate surface area is 142 Å². The predicted molar refractivity (Wildman–Crippen MR) is 95.7 cm³/mol. The molecule has 0 saturated heterocycles. The van der Waals surface area contributed by atoms with E-state index in [9.17, 15) is 4.79 Å². The van der Waals surface area contributed by atoms with Crippen LogP contribution in [0.15, 0.2) is 48.7 Å². The number of ether oxygens (including phenoxy) is 1. The molecule has 0 fully saturated rings. The van der Waals surface area contributed by atoms with Crippen LogP contribution in [-0.4, -0.2) is 22.6 Å². The number of thiazole rings is 1. The third-order valence-electron chi connectivity index (χ3n) is 4.00. The number of para-hydroxylation sites is 1. The van der Waals surface area contributed by atoms with E-state index in [0.717, 1.165) is 31.9 Å². The van der Waals surface area contributed by atoms with E-state index in [2.05, 4.69) is 11.1 Å². The monoisotopic (exact) mass is 337 g/mol. The lowest BCUT2D eigenvalue weighted by Crippen LogP contribution is -2.10. The number of carbonyl (C=O) groups excluding carboxylic acids is 1. The number of nitrogens with two attached hydrogens (primary N) is 1. The number of aromatic nitrogens is 2. The lowest BCUT2D eigenvalue weighted by molar-refractivity contribution is 0.100. The van der Waals surface area contributed by atoms with Crippen LogP contribution in [0.25, 0.3) is 21.1 Å². The van der Waals surface area contributed by atoms with Gasteiger partial charge in [-0.3, -0.25) is 4.79 Å². The van der Waals surface area contributed by atoms with Crippen molar-refractivity contribution in [2.45, 2.75) is 6.54 Å². The minimum absolute atomic E-state index is 0.437. The van der Waals surface area contributed by atoms with Gasteiger partial charge in [-0.05, 0) is 24.3 Å². The summed E-state index contributed by atoms with van der Waals surface area (Å²) in [4.78, 5) is 16.4. The molecule has 1 amide bonds. The molecule has 0 bridgehead atoms. The molecule has 2 aromatic carbocycles. The molecule has 5 nitrogen and oxygen atoms in total. The molecular weight excluding hydrogens is 322 g/mol. The summed E-state index contributed by atoms with van der Waals surface area (Å²) in [5, 5.41) is 1.80. The number of nitrogens with zero attached hydrogens (tertiary/aromatic N) is 2. The van der Waals surface area contributed by atoms with Gasteiger partial charge in [-0.15, -0.1) is 11.3 Å². The van der Waals surface area contributed by atoms with E-state index in [1.807, 2.05) is 41.0 Å². The largest absolute Gasteiger partial charge is 0.497 e. The molecule has 4 rings (SSSR count). The number of benzene rings is 2. The topological polar surface area (TPSA) is 70.1 Å². The van der Waals surface area contributed by atoms with Crippen LogP contribution in [0.2, 0.25) is 0 Å². The van der Waals surface area contributed by atoms with Crippen molar-refractivity contribution in [1.82, 2.24) is 9.55 Å². The molecule has 0 spiro atoms. The Kier molecular flexibility index (Phi) is 3.46. The summed E-state index contributed by atoms with van der Waals surface area (Å²) >= 11 is 1.65. The van der Waals surface area contributed by atoms with E-state index in [0.29, 0.717) is 12.1 Å². The van der Waals surface area contributed by atoms with Gasteiger partial charge in [-0.25, -0.2) is 4.98 Å². The van der Waals surface area contributed by atoms with Gasteiger partial charge in [0.2, 0.25) is 0 Å². The second kappa shape index (κ2) is 5.65. The van der Waals surface area contributed by atoms with Crippen LogP contribution in [-0.2, 0) is 6.54 Å². The van der Waals surface area contributed by atoms with Crippen molar-refractivity contribution in [2.24, 2.45) is 5.73 Å². The van der Waals surface area contributed by atoms with Gasteiger partial charge in [-0.2, -0.15) is 0 Å². The molecule has 4 aromatic rings. The molecule has 6 heteroatoms. The molecule has 0 radical (unpaired) electrons. The molecule has 0 aliphatic heterocycles. The quantitative estimate of drug-likeness (QED) is 0.620. The summed E-state index contributed by atoms with van der Waals surface area (Å²) in [6.07, 6.45) is 1.79. The number of amides is 1. The summed E-state index contributed by atoms with van der Waals surface area (Å²) in [6.45, 7) is 0.580. The van der Waals surface area contributed by atoms with Crippen LogP contribution < -0.4 is 10.5 Å². The Balaban J connectivity index is 1.84. The Morgan fingerprint density at radius 3 is 2.88 bits per heavy atom. The van der Waals surface area contributed by atoms with Crippen molar-refractivity contribution in [1.29, 1.82) is 0 Å². The van der Waals surface area contributed by atoms with Crippen molar-refractivity contribution in [2.75, 3.05) is 7.11 Å². The summed E-state index contributed by atoms with van der Waals surface area (Å²) in [5.74, 6) is 0.301. The highest BCUT2D eigenvalue weighted by Crippen LogP contribution is 2.28. The van der Waals surface area contributed by atoms with Crippen LogP contribution in [0.5, 0.6) is 5.75 Å². The Bertz CT molecular complexity index is 1030. The van der Waals surface area contributed by atoms with Crippen molar-refractivity contribution >= 4 is 38.4 Å². The first-order valence-electron chi connectivity index (χ1n) is 7.47. The van der Waals surface area contributed by atoms with Crippen LogP contribution in [0.3, 0.4) is 0 Å². The van der Waals surface area contributed by atoms with E-state index >= 15 is 0 Å². The minimum atomic E-state index is -0.437. The first-order chi connectivity index (χ1) is 11.7. The molecule has 0 aliphatic rings. The number of methoxy groups -OCH3 is 1. The molecule has 2 N–H and O–H groups in total. The van der Waals surface area contributed by atoms with Crippen molar-refractivity contribution in [3.8, 4) is 5.75 Å². The minimum Gasteiger partial charge on any atom is -0.497 e. The zero-order valence-electron chi connectivity index (χ0n) is 13.0. The van der Waals surface area contributed by atoms with Crippen molar-refractivity contribution in [3.63, 3.8) is 0 Å². The van der Waals surface area contributed by atoms with Gasteiger partial charge < -0.3 is 15.0 Å². The average Bonchev–Trinajstić information content (AvgIpc) is 3.15. The molecule has 2 heterocycles. The van der Waals surface area contributed by atoms with Crippen LogP contribution in [0.1, 0.15) is 15.4 Å². The summed E-state index contributed by atoms with van der Waals surface area (Å²) in [5.41, 5.74) is 7.92. The van der Waals surface area contributed by atoms with Gasteiger partial charge in [0.25, 0.3) is 5.91 Å². The maximum absolute atomic E-state index is 11.7. The molecule has 0 atom stereocenters. The van der Waals surface area contributed by atoms with E-state index < -0.39 is 5.91 Å². The van der Waals surface area contributed by atoms with E-state index in [4.69, 9.17) is 10.5 Å². The zero-order chi connectivity index (χ0) is 16.7. The van der Waals surface area contributed by atoms with Gasteiger partial charge in [-0.1, -0.05) is 12.1 Å². The van der Waals surface area contributed by atoms with Gasteiger partial charge in [0.05, 0.1) is 35.0 Å². The third kappa shape index (κ3) is 2.41. The standard InChI is InChI=1S/C18H15N3O2S/c1-23-11-6-7-12-13(18(19)22)9-21(15(12)8-11)10-17-20-14-4-2-3-5-16(14)24-17/h2-9H,10H2,1H3,(H2,19,22). The molecule has 0 unspecified atom stereocenters. The van der Waals surface area contributed by atoms with Crippen LogP contribution in [0, 0.1) is 0 Å². The fourth-order valence-electron chi connectivity index (χ4n) is 2.86. The van der Waals surface area contributed by atoms with Crippen LogP contribution >= 0.6 is 11.3 Å². The number of hydrogen-bond acceptors (Lipinski definition) is 4. The van der Waals surface area contributed by atoms with E-state index in [1.165, 1.54) is 0 Å². The maximum atomic E-state index is 11.7.